The van der Waals surface area contributed by atoms with Crippen LogP contribution >= 0.6 is 39.1 Å². The van der Waals surface area contributed by atoms with Crippen molar-refractivity contribution in [1.29, 1.82) is 0 Å². The van der Waals surface area contributed by atoms with Crippen LogP contribution in [0.3, 0.4) is 0 Å². The molecule has 0 heterocycles. The van der Waals surface area contributed by atoms with Gasteiger partial charge in [-0.2, -0.15) is 0 Å². The van der Waals surface area contributed by atoms with E-state index in [0.717, 1.165) is 52.7 Å². The highest BCUT2D eigenvalue weighted by Gasteiger charge is 2.34. The van der Waals surface area contributed by atoms with Gasteiger partial charge in [-0.1, -0.05) is 94.8 Å². The number of anilines is 1. The van der Waals surface area contributed by atoms with Gasteiger partial charge in [0.2, 0.25) is 21.8 Å². The van der Waals surface area contributed by atoms with Crippen LogP contribution in [-0.2, 0) is 32.6 Å². The van der Waals surface area contributed by atoms with Crippen molar-refractivity contribution in [2.24, 2.45) is 0 Å². The smallest absolute Gasteiger partial charge is 0.244 e. The summed E-state index contributed by atoms with van der Waals surface area (Å²) in [5.41, 5.74) is 1.67. The average Bonchev–Trinajstić information content (AvgIpc) is 2.96. The Morgan fingerprint density at radius 2 is 1.55 bits per heavy atom. The zero-order chi connectivity index (χ0) is 30.3. The molecule has 4 rings (SSSR count). The molecule has 1 saturated carbocycles. The third-order valence-electron chi connectivity index (χ3n) is 7.41. The summed E-state index contributed by atoms with van der Waals surface area (Å²) < 4.78 is 27.7. The Balaban J connectivity index is 1.75. The van der Waals surface area contributed by atoms with Gasteiger partial charge < -0.3 is 10.2 Å². The second-order valence-electron chi connectivity index (χ2n) is 10.5. The molecular weight excluding hydrogens is 661 g/mol. The minimum atomic E-state index is -3.86. The number of hydrogen-bond donors (Lipinski definition) is 1. The van der Waals surface area contributed by atoms with Crippen LogP contribution in [0.25, 0.3) is 0 Å². The molecule has 1 aliphatic carbocycles. The van der Waals surface area contributed by atoms with Crippen molar-refractivity contribution in [3.05, 3.63) is 98.4 Å². The third kappa shape index (κ3) is 8.72. The van der Waals surface area contributed by atoms with Crippen molar-refractivity contribution >= 4 is 66.7 Å². The van der Waals surface area contributed by atoms with Crippen molar-refractivity contribution in [2.45, 2.75) is 57.2 Å². The van der Waals surface area contributed by atoms with E-state index in [1.165, 1.54) is 4.90 Å². The molecule has 3 aromatic rings. The van der Waals surface area contributed by atoms with Crippen LogP contribution < -0.4 is 9.62 Å². The van der Waals surface area contributed by atoms with Gasteiger partial charge in [0.1, 0.15) is 12.6 Å². The number of sulfonamides is 1. The number of halogens is 3. The Kier molecular flexibility index (Phi) is 11.3. The lowest BCUT2D eigenvalue weighted by Crippen LogP contribution is -2.55. The van der Waals surface area contributed by atoms with Gasteiger partial charge in [-0.15, -0.1) is 0 Å². The van der Waals surface area contributed by atoms with Crippen molar-refractivity contribution in [2.75, 3.05) is 17.1 Å². The zero-order valence-electron chi connectivity index (χ0n) is 23.3. The first-order chi connectivity index (χ1) is 20.0. The van der Waals surface area contributed by atoms with Gasteiger partial charge in [0, 0.05) is 39.1 Å². The van der Waals surface area contributed by atoms with Gasteiger partial charge in [-0.05, 0) is 54.8 Å². The number of amides is 2. The maximum absolute atomic E-state index is 14.2. The fourth-order valence-electron chi connectivity index (χ4n) is 5.17. The Labute approximate surface area is 266 Å². The fourth-order valence-corrected chi connectivity index (χ4v) is 6.80. The van der Waals surface area contributed by atoms with Crippen LogP contribution in [0.4, 0.5) is 5.69 Å². The van der Waals surface area contributed by atoms with E-state index in [2.05, 4.69) is 21.2 Å². The molecule has 2 amide bonds. The topological polar surface area (TPSA) is 86.8 Å². The Morgan fingerprint density at radius 1 is 0.929 bits per heavy atom. The molecule has 0 bridgehead atoms. The first-order valence-electron chi connectivity index (χ1n) is 13.8. The average molecular weight is 696 g/mol. The fraction of sp³-hybridized carbons (Fsp3) is 0.355. The molecule has 0 aromatic heterocycles. The number of carbonyl (C=O) groups excluding carboxylic acids is 2. The molecule has 0 spiro atoms. The molecule has 7 nitrogen and oxygen atoms in total. The molecule has 3 aromatic carbocycles. The van der Waals surface area contributed by atoms with E-state index in [0.29, 0.717) is 21.3 Å². The predicted molar refractivity (Wildman–Crippen MR) is 172 cm³/mol. The van der Waals surface area contributed by atoms with Gasteiger partial charge in [-0.25, -0.2) is 8.42 Å². The number of carbonyl (C=O) groups is 2. The maximum Gasteiger partial charge on any atom is 0.244 e. The Morgan fingerprint density at radius 3 is 2.14 bits per heavy atom. The van der Waals surface area contributed by atoms with Crippen molar-refractivity contribution in [1.82, 2.24) is 10.2 Å². The summed E-state index contributed by atoms with van der Waals surface area (Å²) in [5.74, 6) is -0.851. The highest BCUT2D eigenvalue weighted by Crippen LogP contribution is 2.28. The summed E-state index contributed by atoms with van der Waals surface area (Å²) in [6.07, 6.45) is 6.22. The normalized spacial score (nSPS) is 14.7. The van der Waals surface area contributed by atoms with Crippen molar-refractivity contribution in [3.8, 4) is 0 Å². The minimum Gasteiger partial charge on any atom is -0.352 e. The van der Waals surface area contributed by atoms with E-state index in [9.17, 15) is 18.0 Å². The van der Waals surface area contributed by atoms with Gasteiger partial charge in [0.25, 0.3) is 0 Å². The van der Waals surface area contributed by atoms with Gasteiger partial charge >= 0.3 is 0 Å². The second-order valence-corrected chi connectivity index (χ2v) is 14.2. The van der Waals surface area contributed by atoms with Gasteiger partial charge in [0.15, 0.2) is 0 Å². The highest BCUT2D eigenvalue weighted by atomic mass is 79.9. The van der Waals surface area contributed by atoms with E-state index in [1.807, 2.05) is 30.3 Å². The van der Waals surface area contributed by atoms with E-state index in [4.69, 9.17) is 23.2 Å². The molecule has 1 aliphatic rings. The van der Waals surface area contributed by atoms with Crippen molar-refractivity contribution < 1.29 is 18.0 Å². The molecule has 0 saturated heterocycles. The van der Waals surface area contributed by atoms with Crippen LogP contribution in [0.5, 0.6) is 0 Å². The van der Waals surface area contributed by atoms with Crippen LogP contribution in [0.15, 0.2) is 77.3 Å². The van der Waals surface area contributed by atoms with Gasteiger partial charge in [0.05, 0.1) is 11.9 Å². The van der Waals surface area contributed by atoms with E-state index >= 15 is 0 Å². The first kappa shape index (κ1) is 32.3. The molecule has 1 atom stereocenters. The lowest BCUT2D eigenvalue weighted by atomic mass is 9.94. The number of nitrogens with one attached hydrogen (secondary N) is 1. The first-order valence-corrected chi connectivity index (χ1v) is 17.2. The number of benzene rings is 3. The summed E-state index contributed by atoms with van der Waals surface area (Å²) >= 11 is 16.4. The SMILES string of the molecule is CS(=O)(=O)N(CC(=O)N(Cc1c(Cl)cccc1Cl)[C@@H](Cc1ccccc1)C(=O)NC1CCCCC1)c1ccc(Br)cc1. The highest BCUT2D eigenvalue weighted by molar-refractivity contribution is 9.10. The van der Waals surface area contributed by atoms with E-state index < -0.39 is 28.5 Å². The Bertz CT molecular complexity index is 1460. The van der Waals surface area contributed by atoms with Crippen molar-refractivity contribution in [3.63, 3.8) is 0 Å². The second kappa shape index (κ2) is 14.7. The predicted octanol–water partition coefficient (Wildman–Crippen LogP) is 6.61. The maximum atomic E-state index is 14.2. The zero-order valence-corrected chi connectivity index (χ0v) is 27.2. The lowest BCUT2D eigenvalue weighted by molar-refractivity contribution is -0.140. The molecule has 42 heavy (non-hydrogen) atoms. The summed E-state index contributed by atoms with van der Waals surface area (Å²) in [7, 11) is -3.86. The van der Waals surface area contributed by atoms with Gasteiger partial charge in [-0.3, -0.25) is 13.9 Å². The van der Waals surface area contributed by atoms with E-state index in [1.54, 1.807) is 42.5 Å². The monoisotopic (exact) mass is 693 g/mol. The Hall–Kier alpha value is -2.59. The number of hydrogen-bond acceptors (Lipinski definition) is 4. The molecule has 0 aliphatic heterocycles. The van der Waals surface area contributed by atoms with Crippen LogP contribution in [0.2, 0.25) is 10.0 Å². The number of rotatable bonds is 11. The largest absolute Gasteiger partial charge is 0.352 e. The molecule has 11 heteroatoms. The molecule has 224 valence electrons. The molecular formula is C31H34BrCl2N3O4S. The minimum absolute atomic E-state index is 0.0145. The standard InChI is InChI=1S/C31H34BrCl2N3O4S/c1-42(40,41)37(25-17-15-23(32)16-18-25)21-30(38)36(20-26-27(33)13-8-14-28(26)34)29(19-22-9-4-2-5-10-22)31(39)35-24-11-6-3-7-12-24/h2,4-5,8-10,13-18,24,29H,3,6-7,11-12,19-21H2,1H3,(H,35,39)/t29-/m0/s1. The molecule has 0 unspecified atom stereocenters. The van der Waals surface area contributed by atoms with Crippen LogP contribution in [0.1, 0.15) is 43.2 Å². The van der Waals surface area contributed by atoms with E-state index in [-0.39, 0.29) is 24.9 Å². The molecule has 0 radical (unpaired) electrons. The quantitative estimate of drug-likeness (QED) is 0.245. The molecule has 1 N–H and O–H groups in total. The third-order valence-corrected chi connectivity index (χ3v) is 9.78. The lowest BCUT2D eigenvalue weighted by Gasteiger charge is -2.35. The molecule has 1 fully saturated rings. The van der Waals surface area contributed by atoms with Crippen LogP contribution in [0, 0.1) is 0 Å². The summed E-state index contributed by atoms with van der Waals surface area (Å²) in [6.45, 7) is -0.588. The number of nitrogens with zero attached hydrogens (tertiary/aromatic N) is 2. The summed E-state index contributed by atoms with van der Waals surface area (Å²) in [5, 5.41) is 3.87. The summed E-state index contributed by atoms with van der Waals surface area (Å²) in [6, 6.07) is 20.2. The van der Waals surface area contributed by atoms with Crippen LogP contribution in [-0.4, -0.2) is 50.0 Å². The summed E-state index contributed by atoms with van der Waals surface area (Å²) in [4.78, 5) is 29.7.